The van der Waals surface area contributed by atoms with Crippen LogP contribution in [0.4, 0.5) is 0 Å². The van der Waals surface area contributed by atoms with Gasteiger partial charge in [-0.2, -0.15) is 0 Å². The first-order chi connectivity index (χ1) is 10.6. The van der Waals surface area contributed by atoms with Crippen LogP contribution in [0, 0.1) is 6.92 Å². The summed E-state index contributed by atoms with van der Waals surface area (Å²) in [6, 6.07) is 8.06. The minimum atomic E-state index is -0.331. The van der Waals surface area contributed by atoms with E-state index in [1.54, 1.807) is 0 Å². The second-order valence-electron chi connectivity index (χ2n) is 5.99. The van der Waals surface area contributed by atoms with Gasteiger partial charge in [0.15, 0.2) is 0 Å². The summed E-state index contributed by atoms with van der Waals surface area (Å²) in [4.78, 5) is 4.37. The highest BCUT2D eigenvalue weighted by molar-refractivity contribution is 5.27. The highest BCUT2D eigenvalue weighted by atomic mass is 16.5. The lowest BCUT2D eigenvalue weighted by molar-refractivity contribution is 0.00812. The number of aliphatic hydroxyl groups excluding tert-OH is 1. The van der Waals surface area contributed by atoms with E-state index in [0.717, 1.165) is 38.6 Å². The first-order valence-corrected chi connectivity index (χ1v) is 7.99. The maximum absolute atomic E-state index is 10.2. The molecule has 0 aliphatic carbocycles. The minimum Gasteiger partial charge on any atom is -0.492 e. The first kappa shape index (κ1) is 17.2. The van der Waals surface area contributed by atoms with E-state index in [0.29, 0.717) is 19.7 Å². The first-order valence-electron chi connectivity index (χ1n) is 7.99. The van der Waals surface area contributed by atoms with Gasteiger partial charge in [-0.1, -0.05) is 12.1 Å². The summed E-state index contributed by atoms with van der Waals surface area (Å²) < 4.78 is 11.1. The second kappa shape index (κ2) is 9.10. The van der Waals surface area contributed by atoms with Crippen LogP contribution in [0.1, 0.15) is 5.56 Å². The Morgan fingerprint density at radius 2 is 2.14 bits per heavy atom. The number of aryl methyl sites for hydroxylation is 1. The topological polar surface area (TPSA) is 45.2 Å². The number of aliphatic hydroxyl groups is 1. The number of benzene rings is 1. The molecule has 2 rings (SSSR count). The molecule has 1 atom stereocenters. The van der Waals surface area contributed by atoms with Crippen molar-refractivity contribution >= 4 is 0 Å². The van der Waals surface area contributed by atoms with Gasteiger partial charge < -0.3 is 19.5 Å². The van der Waals surface area contributed by atoms with Crippen molar-refractivity contribution in [3.8, 4) is 5.75 Å². The van der Waals surface area contributed by atoms with Gasteiger partial charge >= 0.3 is 0 Å². The second-order valence-corrected chi connectivity index (χ2v) is 5.99. The molecule has 22 heavy (non-hydrogen) atoms. The molecule has 1 aromatic carbocycles. The molecule has 0 spiro atoms. The van der Waals surface area contributed by atoms with Gasteiger partial charge in [0, 0.05) is 32.7 Å². The number of β-amino-alcohol motifs (C(OH)–C–C–N with tert-alkyl or cyclic N) is 1. The monoisotopic (exact) mass is 308 g/mol. The number of hydrogen-bond acceptors (Lipinski definition) is 5. The van der Waals surface area contributed by atoms with Gasteiger partial charge in [0.25, 0.3) is 0 Å². The van der Waals surface area contributed by atoms with Crippen LogP contribution in [-0.4, -0.2) is 80.6 Å². The predicted octanol–water partition coefficient (Wildman–Crippen LogP) is 0.999. The van der Waals surface area contributed by atoms with Gasteiger partial charge in [-0.05, 0) is 31.7 Å². The zero-order chi connectivity index (χ0) is 15.8. The molecular weight excluding hydrogens is 280 g/mol. The van der Waals surface area contributed by atoms with E-state index in [1.807, 2.05) is 25.2 Å². The Bertz CT molecular complexity index is 436. The molecule has 0 bridgehead atoms. The quantitative estimate of drug-likeness (QED) is 0.776. The van der Waals surface area contributed by atoms with Gasteiger partial charge in [-0.3, -0.25) is 4.90 Å². The third kappa shape index (κ3) is 6.32. The fourth-order valence-corrected chi connectivity index (χ4v) is 2.62. The highest BCUT2D eigenvalue weighted by Gasteiger charge is 2.16. The predicted molar refractivity (Wildman–Crippen MR) is 87.4 cm³/mol. The minimum absolute atomic E-state index is 0.331. The van der Waals surface area contributed by atoms with E-state index in [9.17, 15) is 5.11 Å². The lowest BCUT2D eigenvalue weighted by atomic mass is 10.2. The van der Waals surface area contributed by atoms with E-state index in [1.165, 1.54) is 5.56 Å². The van der Waals surface area contributed by atoms with Crippen LogP contribution in [0.25, 0.3) is 0 Å². The summed E-state index contributed by atoms with van der Waals surface area (Å²) in [7, 11) is 2.02. The zero-order valence-electron chi connectivity index (χ0n) is 13.7. The summed E-state index contributed by atoms with van der Waals surface area (Å²) in [6.07, 6.45) is -0.331. The molecule has 0 saturated carbocycles. The van der Waals surface area contributed by atoms with Crippen molar-refractivity contribution in [1.29, 1.82) is 0 Å². The van der Waals surface area contributed by atoms with Gasteiger partial charge in [-0.15, -0.1) is 0 Å². The van der Waals surface area contributed by atoms with Crippen LogP contribution in [0.3, 0.4) is 0 Å². The molecule has 5 nitrogen and oxygen atoms in total. The Balaban J connectivity index is 1.61. The molecule has 0 amide bonds. The van der Waals surface area contributed by atoms with Crippen molar-refractivity contribution in [2.24, 2.45) is 0 Å². The average molecular weight is 308 g/mol. The normalized spacial score (nSPS) is 17.6. The third-order valence-corrected chi connectivity index (χ3v) is 3.83. The standard InChI is InChI=1S/C17H28N2O3/c1-15-4-3-5-17(12-15)22-11-6-18(2)13-16(20)14-19-7-9-21-10-8-19/h3-5,12,16,20H,6-11,13-14H2,1-2H3. The molecule has 1 N–H and O–H groups in total. The van der Waals surface area contributed by atoms with E-state index in [2.05, 4.69) is 22.8 Å². The number of nitrogens with zero attached hydrogens (tertiary/aromatic N) is 2. The fraction of sp³-hybridized carbons (Fsp3) is 0.647. The zero-order valence-corrected chi connectivity index (χ0v) is 13.7. The Morgan fingerprint density at radius 1 is 1.36 bits per heavy atom. The highest BCUT2D eigenvalue weighted by Crippen LogP contribution is 2.12. The van der Waals surface area contributed by atoms with E-state index >= 15 is 0 Å². The van der Waals surface area contributed by atoms with Gasteiger partial charge in [-0.25, -0.2) is 0 Å². The Hall–Kier alpha value is -1.14. The van der Waals surface area contributed by atoms with Crippen LogP contribution in [-0.2, 0) is 4.74 Å². The Morgan fingerprint density at radius 3 is 2.86 bits per heavy atom. The lowest BCUT2D eigenvalue weighted by Crippen LogP contribution is -2.44. The van der Waals surface area contributed by atoms with Crippen molar-refractivity contribution in [2.45, 2.75) is 13.0 Å². The van der Waals surface area contributed by atoms with Crippen molar-refractivity contribution in [2.75, 3.05) is 59.6 Å². The smallest absolute Gasteiger partial charge is 0.119 e. The fourth-order valence-electron chi connectivity index (χ4n) is 2.62. The van der Waals surface area contributed by atoms with Gasteiger partial charge in [0.1, 0.15) is 12.4 Å². The van der Waals surface area contributed by atoms with Gasteiger partial charge in [0.2, 0.25) is 0 Å². The molecule has 124 valence electrons. The van der Waals surface area contributed by atoms with E-state index in [-0.39, 0.29) is 6.10 Å². The summed E-state index contributed by atoms with van der Waals surface area (Å²) in [5.41, 5.74) is 1.20. The molecule has 1 aliphatic heterocycles. The lowest BCUT2D eigenvalue weighted by Gasteiger charge is -2.30. The molecular formula is C17H28N2O3. The third-order valence-electron chi connectivity index (χ3n) is 3.83. The Kier molecular flexibility index (Phi) is 7.12. The SMILES string of the molecule is Cc1cccc(OCCN(C)CC(O)CN2CCOCC2)c1. The molecule has 1 aliphatic rings. The van der Waals surface area contributed by atoms with Crippen LogP contribution < -0.4 is 4.74 Å². The van der Waals surface area contributed by atoms with Crippen LogP contribution in [0.2, 0.25) is 0 Å². The molecule has 5 heteroatoms. The number of morpholine rings is 1. The van der Waals surface area contributed by atoms with Crippen molar-refractivity contribution in [1.82, 2.24) is 9.80 Å². The summed E-state index contributed by atoms with van der Waals surface area (Å²) >= 11 is 0. The largest absolute Gasteiger partial charge is 0.492 e. The Labute approximate surface area is 133 Å². The maximum atomic E-state index is 10.2. The van der Waals surface area contributed by atoms with E-state index < -0.39 is 0 Å². The summed E-state index contributed by atoms with van der Waals surface area (Å²) in [5, 5.41) is 10.2. The maximum Gasteiger partial charge on any atom is 0.119 e. The van der Waals surface area contributed by atoms with Crippen LogP contribution in [0.15, 0.2) is 24.3 Å². The van der Waals surface area contributed by atoms with Crippen molar-refractivity contribution < 1.29 is 14.6 Å². The molecule has 0 aromatic heterocycles. The number of likely N-dealkylation sites (N-methyl/N-ethyl adjacent to an activating group) is 1. The van der Waals surface area contributed by atoms with Gasteiger partial charge in [0.05, 0.1) is 19.3 Å². The number of ether oxygens (including phenoxy) is 2. The van der Waals surface area contributed by atoms with E-state index in [4.69, 9.17) is 9.47 Å². The molecule has 1 saturated heterocycles. The van der Waals surface area contributed by atoms with Crippen LogP contribution in [0.5, 0.6) is 5.75 Å². The number of rotatable bonds is 8. The molecule has 1 heterocycles. The number of hydrogen-bond donors (Lipinski definition) is 1. The van der Waals surface area contributed by atoms with Crippen molar-refractivity contribution in [3.63, 3.8) is 0 Å². The summed E-state index contributed by atoms with van der Waals surface area (Å²) in [5.74, 6) is 0.905. The van der Waals surface area contributed by atoms with Crippen molar-refractivity contribution in [3.05, 3.63) is 29.8 Å². The average Bonchev–Trinajstić information content (AvgIpc) is 2.48. The molecule has 1 fully saturated rings. The van der Waals surface area contributed by atoms with Crippen LogP contribution >= 0.6 is 0 Å². The summed E-state index contributed by atoms with van der Waals surface area (Å²) in [6.45, 7) is 8.23. The molecule has 1 aromatic rings. The molecule has 1 unspecified atom stereocenters. The molecule has 0 radical (unpaired) electrons.